The summed E-state index contributed by atoms with van der Waals surface area (Å²) in [5, 5.41) is 16.4. The molecule has 1 unspecified atom stereocenters. The molecule has 0 bridgehead atoms. The molecule has 2 aromatic rings. The molecule has 1 aliphatic rings. The summed E-state index contributed by atoms with van der Waals surface area (Å²) in [5.41, 5.74) is 2.13. The van der Waals surface area contributed by atoms with E-state index in [-0.39, 0.29) is 6.04 Å². The number of hydrogen-bond donors (Lipinski definition) is 1. The van der Waals surface area contributed by atoms with E-state index in [2.05, 4.69) is 26.4 Å². The maximum absolute atomic E-state index is 9.15. The summed E-state index contributed by atoms with van der Waals surface area (Å²) in [6.07, 6.45) is 0. The van der Waals surface area contributed by atoms with Gasteiger partial charge in [-0.25, -0.2) is 0 Å². The number of piperazine rings is 1. The van der Waals surface area contributed by atoms with Crippen molar-refractivity contribution in [3.05, 3.63) is 35.7 Å². The Hall–Kier alpha value is -2.23. The maximum atomic E-state index is 9.15. The van der Waals surface area contributed by atoms with Crippen LogP contribution < -0.4 is 5.32 Å². The molecular formula is C15H17N5O. The molecule has 108 valence electrons. The van der Waals surface area contributed by atoms with E-state index < -0.39 is 0 Å². The summed E-state index contributed by atoms with van der Waals surface area (Å²) >= 11 is 0. The summed E-state index contributed by atoms with van der Waals surface area (Å²) in [7, 11) is 0. The lowest BCUT2D eigenvalue weighted by atomic mass is 10.1. The highest BCUT2D eigenvalue weighted by Crippen LogP contribution is 2.17. The largest absolute Gasteiger partial charge is 0.338 e. The molecule has 1 aliphatic heterocycles. The minimum absolute atomic E-state index is 0.145. The number of nitriles is 1. The fourth-order valence-corrected chi connectivity index (χ4v) is 2.38. The van der Waals surface area contributed by atoms with E-state index >= 15 is 0 Å². The Kier molecular flexibility index (Phi) is 3.95. The summed E-state index contributed by atoms with van der Waals surface area (Å²) < 4.78 is 5.31. The molecule has 3 rings (SSSR count). The molecule has 21 heavy (non-hydrogen) atoms. The number of nitrogens with one attached hydrogen (secondary N) is 1. The third-order valence-electron chi connectivity index (χ3n) is 3.62. The van der Waals surface area contributed by atoms with Gasteiger partial charge in [0, 0.05) is 25.2 Å². The van der Waals surface area contributed by atoms with Crippen LogP contribution in [0, 0.1) is 18.3 Å². The van der Waals surface area contributed by atoms with Crippen LogP contribution in [-0.2, 0) is 6.54 Å². The van der Waals surface area contributed by atoms with Crippen molar-refractivity contribution >= 4 is 0 Å². The van der Waals surface area contributed by atoms with Crippen LogP contribution in [0.2, 0.25) is 0 Å². The van der Waals surface area contributed by atoms with Gasteiger partial charge in [0.25, 0.3) is 0 Å². The van der Waals surface area contributed by atoms with Crippen LogP contribution in [0.15, 0.2) is 28.8 Å². The van der Waals surface area contributed by atoms with E-state index in [1.165, 1.54) is 5.56 Å². The monoisotopic (exact) mass is 283 g/mol. The molecule has 1 fully saturated rings. The van der Waals surface area contributed by atoms with Crippen LogP contribution in [-0.4, -0.2) is 40.7 Å². The molecule has 0 saturated carbocycles. The minimum Gasteiger partial charge on any atom is -0.338 e. The van der Waals surface area contributed by atoms with Gasteiger partial charge in [-0.1, -0.05) is 35.0 Å². The van der Waals surface area contributed by atoms with E-state index in [0.717, 1.165) is 18.7 Å². The number of nitrogens with zero attached hydrogens (tertiary/aromatic N) is 4. The van der Waals surface area contributed by atoms with Gasteiger partial charge >= 0.3 is 0 Å². The Morgan fingerprint density at radius 1 is 1.43 bits per heavy atom. The van der Waals surface area contributed by atoms with E-state index in [0.29, 0.717) is 24.8 Å². The topological polar surface area (TPSA) is 78.0 Å². The molecule has 1 atom stereocenters. The highest BCUT2D eigenvalue weighted by molar-refractivity contribution is 5.54. The van der Waals surface area contributed by atoms with Crippen molar-refractivity contribution < 1.29 is 4.52 Å². The lowest BCUT2D eigenvalue weighted by Gasteiger charge is -2.30. The smallest absolute Gasteiger partial charge is 0.241 e. The van der Waals surface area contributed by atoms with Gasteiger partial charge in [0.05, 0.1) is 12.6 Å². The molecule has 1 aromatic carbocycles. The SMILES string of the molecule is Cc1ccc(-c2noc(CN3CCNCC3C#N)n2)cc1. The molecule has 0 amide bonds. The van der Waals surface area contributed by atoms with Crippen molar-refractivity contribution in [1.29, 1.82) is 5.26 Å². The number of aromatic nitrogens is 2. The highest BCUT2D eigenvalue weighted by Gasteiger charge is 2.23. The summed E-state index contributed by atoms with van der Waals surface area (Å²) in [4.78, 5) is 6.48. The predicted octanol–water partition coefficient (Wildman–Crippen LogP) is 1.34. The lowest BCUT2D eigenvalue weighted by molar-refractivity contribution is 0.167. The van der Waals surface area contributed by atoms with Crippen molar-refractivity contribution in [2.24, 2.45) is 0 Å². The second-order valence-corrected chi connectivity index (χ2v) is 5.20. The Labute approximate surface area is 123 Å². The van der Waals surface area contributed by atoms with Gasteiger partial charge in [-0.3, -0.25) is 4.90 Å². The standard InChI is InChI=1S/C15H17N5O/c1-11-2-4-12(5-3-11)15-18-14(21-19-15)10-20-7-6-17-9-13(20)8-16/h2-5,13,17H,6-7,9-10H2,1H3. The molecule has 6 heteroatoms. The van der Waals surface area contributed by atoms with E-state index in [1.807, 2.05) is 31.2 Å². The van der Waals surface area contributed by atoms with Crippen molar-refractivity contribution in [2.75, 3.05) is 19.6 Å². The van der Waals surface area contributed by atoms with Gasteiger partial charge in [0.15, 0.2) is 0 Å². The van der Waals surface area contributed by atoms with Gasteiger partial charge in [-0.2, -0.15) is 10.2 Å². The Morgan fingerprint density at radius 2 is 2.24 bits per heavy atom. The third-order valence-corrected chi connectivity index (χ3v) is 3.62. The van der Waals surface area contributed by atoms with Crippen LogP contribution >= 0.6 is 0 Å². The molecule has 0 aliphatic carbocycles. The summed E-state index contributed by atoms with van der Waals surface area (Å²) in [6, 6.07) is 10.1. The zero-order valence-electron chi connectivity index (χ0n) is 11.9. The average molecular weight is 283 g/mol. The third kappa shape index (κ3) is 3.10. The Morgan fingerprint density at radius 3 is 3.00 bits per heavy atom. The number of aryl methyl sites for hydroxylation is 1. The van der Waals surface area contributed by atoms with Crippen molar-refractivity contribution in [3.8, 4) is 17.5 Å². The summed E-state index contributed by atoms with van der Waals surface area (Å²) in [5.74, 6) is 1.14. The van der Waals surface area contributed by atoms with Gasteiger partial charge in [-0.15, -0.1) is 0 Å². The van der Waals surface area contributed by atoms with Crippen molar-refractivity contribution in [2.45, 2.75) is 19.5 Å². The molecule has 2 heterocycles. The quantitative estimate of drug-likeness (QED) is 0.916. The van der Waals surface area contributed by atoms with Crippen LogP contribution in [0.5, 0.6) is 0 Å². The number of rotatable bonds is 3. The highest BCUT2D eigenvalue weighted by atomic mass is 16.5. The van der Waals surface area contributed by atoms with Gasteiger partial charge in [0.1, 0.15) is 6.04 Å². The molecule has 0 spiro atoms. The zero-order valence-corrected chi connectivity index (χ0v) is 11.9. The summed E-state index contributed by atoms with van der Waals surface area (Å²) in [6.45, 7) is 4.91. The Bertz CT molecular complexity index is 643. The van der Waals surface area contributed by atoms with Crippen molar-refractivity contribution in [1.82, 2.24) is 20.4 Å². The molecule has 1 aromatic heterocycles. The van der Waals surface area contributed by atoms with Crippen LogP contribution in [0.25, 0.3) is 11.4 Å². The maximum Gasteiger partial charge on any atom is 0.241 e. The second kappa shape index (κ2) is 6.04. The lowest BCUT2D eigenvalue weighted by Crippen LogP contribution is -2.50. The predicted molar refractivity (Wildman–Crippen MR) is 77.2 cm³/mol. The molecule has 1 N–H and O–H groups in total. The fraction of sp³-hybridized carbons (Fsp3) is 0.400. The first-order valence-electron chi connectivity index (χ1n) is 7.00. The zero-order chi connectivity index (χ0) is 14.7. The van der Waals surface area contributed by atoms with Crippen LogP contribution in [0.1, 0.15) is 11.5 Å². The van der Waals surface area contributed by atoms with Gasteiger partial charge in [0.2, 0.25) is 11.7 Å². The van der Waals surface area contributed by atoms with Crippen LogP contribution in [0.3, 0.4) is 0 Å². The molecule has 6 nitrogen and oxygen atoms in total. The fourth-order valence-electron chi connectivity index (χ4n) is 2.38. The molecule has 0 radical (unpaired) electrons. The van der Waals surface area contributed by atoms with Crippen molar-refractivity contribution in [3.63, 3.8) is 0 Å². The number of benzene rings is 1. The van der Waals surface area contributed by atoms with Gasteiger partial charge < -0.3 is 9.84 Å². The van der Waals surface area contributed by atoms with E-state index in [4.69, 9.17) is 9.78 Å². The molecule has 1 saturated heterocycles. The average Bonchev–Trinajstić information content (AvgIpc) is 2.97. The first-order valence-corrected chi connectivity index (χ1v) is 7.00. The second-order valence-electron chi connectivity index (χ2n) is 5.20. The Balaban J connectivity index is 1.73. The van der Waals surface area contributed by atoms with E-state index in [9.17, 15) is 0 Å². The first-order chi connectivity index (χ1) is 10.3. The molecular weight excluding hydrogens is 266 g/mol. The van der Waals surface area contributed by atoms with Gasteiger partial charge in [-0.05, 0) is 6.92 Å². The van der Waals surface area contributed by atoms with E-state index in [1.54, 1.807) is 0 Å². The minimum atomic E-state index is -0.145. The first kappa shape index (κ1) is 13.7. The van der Waals surface area contributed by atoms with Crippen LogP contribution in [0.4, 0.5) is 0 Å². The number of hydrogen-bond acceptors (Lipinski definition) is 6. The normalized spacial score (nSPS) is 19.3.